The van der Waals surface area contributed by atoms with Crippen LogP contribution in [0.5, 0.6) is 5.75 Å². The lowest BCUT2D eigenvalue weighted by Gasteiger charge is -2.20. The Morgan fingerprint density at radius 2 is 2.12 bits per heavy atom. The summed E-state index contributed by atoms with van der Waals surface area (Å²) in [5.41, 5.74) is 2.29. The largest absolute Gasteiger partial charge is 0.490 e. The van der Waals surface area contributed by atoms with Gasteiger partial charge in [-0.1, -0.05) is 18.7 Å². The topological polar surface area (TPSA) is 81.9 Å². The van der Waals surface area contributed by atoms with Gasteiger partial charge in [-0.3, -0.25) is 14.5 Å². The predicted molar refractivity (Wildman–Crippen MR) is 122 cm³/mol. The first-order valence-corrected chi connectivity index (χ1v) is 11.5. The van der Waals surface area contributed by atoms with Crippen LogP contribution in [0.4, 0.5) is 4.39 Å². The van der Waals surface area contributed by atoms with Gasteiger partial charge < -0.3 is 10.1 Å². The van der Waals surface area contributed by atoms with Gasteiger partial charge in [-0.2, -0.15) is 0 Å². The zero-order chi connectivity index (χ0) is 23.1. The number of fused-ring (bicyclic) bond motifs is 2. The molecule has 2 aliphatic carbocycles. The van der Waals surface area contributed by atoms with E-state index in [0.29, 0.717) is 47.6 Å². The molecule has 2 aliphatic rings. The molecule has 3 unspecified atom stereocenters. The Kier molecular flexibility index (Phi) is 5.60. The molecule has 0 radical (unpaired) electrons. The van der Waals surface area contributed by atoms with E-state index in [2.05, 4.69) is 27.2 Å². The molecule has 0 spiro atoms. The van der Waals surface area contributed by atoms with Crippen LogP contribution in [0.3, 0.4) is 0 Å². The molecule has 33 heavy (non-hydrogen) atoms. The molecular formula is C25H28FN5O2. The van der Waals surface area contributed by atoms with Gasteiger partial charge >= 0.3 is 0 Å². The molecule has 3 aromatic rings. The molecule has 2 saturated carbocycles. The predicted octanol–water partition coefficient (Wildman–Crippen LogP) is 4.03. The van der Waals surface area contributed by atoms with Crippen molar-refractivity contribution in [2.45, 2.75) is 45.8 Å². The Morgan fingerprint density at radius 3 is 2.85 bits per heavy atom. The normalized spacial score (nSPS) is 24.3. The third-order valence-corrected chi connectivity index (χ3v) is 7.01. The Labute approximate surface area is 192 Å². The van der Waals surface area contributed by atoms with Gasteiger partial charge in [0.1, 0.15) is 11.6 Å². The van der Waals surface area contributed by atoms with Gasteiger partial charge in [0.05, 0.1) is 17.3 Å². The fourth-order valence-electron chi connectivity index (χ4n) is 5.33. The van der Waals surface area contributed by atoms with E-state index in [1.54, 1.807) is 23.0 Å². The van der Waals surface area contributed by atoms with Gasteiger partial charge in [-0.15, -0.1) is 5.10 Å². The van der Waals surface area contributed by atoms with Crippen molar-refractivity contribution in [3.05, 3.63) is 60.4 Å². The maximum atomic E-state index is 13.7. The van der Waals surface area contributed by atoms with Crippen molar-refractivity contribution in [2.24, 2.45) is 23.7 Å². The lowest BCUT2D eigenvalue weighted by Crippen LogP contribution is -2.31. The average Bonchev–Trinajstić information content (AvgIpc) is 3.09. The third kappa shape index (κ3) is 4.47. The van der Waals surface area contributed by atoms with Gasteiger partial charge in [0, 0.05) is 42.4 Å². The summed E-state index contributed by atoms with van der Waals surface area (Å²) in [6.45, 7) is 8.52. The second-order valence-corrected chi connectivity index (χ2v) is 9.34. The van der Waals surface area contributed by atoms with Gasteiger partial charge in [0.2, 0.25) is 5.91 Å². The van der Waals surface area contributed by atoms with Crippen LogP contribution in [0.1, 0.15) is 31.9 Å². The second kappa shape index (κ2) is 8.57. The summed E-state index contributed by atoms with van der Waals surface area (Å²) in [5.74, 6) is 1.70. The molecule has 1 N–H and O–H groups in total. The van der Waals surface area contributed by atoms with E-state index in [1.807, 2.05) is 20.0 Å². The zero-order valence-electron chi connectivity index (χ0n) is 18.9. The number of carbonyl (C=O) groups excluding carboxylic acids is 1. The highest BCUT2D eigenvalue weighted by atomic mass is 19.1. The van der Waals surface area contributed by atoms with E-state index in [9.17, 15) is 9.18 Å². The molecular weight excluding hydrogens is 421 g/mol. The molecule has 1 amide bonds. The number of aryl methyl sites for hydroxylation is 2. The molecule has 7 nitrogen and oxygen atoms in total. The van der Waals surface area contributed by atoms with Crippen molar-refractivity contribution >= 4 is 16.8 Å². The van der Waals surface area contributed by atoms with Crippen LogP contribution >= 0.6 is 0 Å². The zero-order valence-corrected chi connectivity index (χ0v) is 18.9. The van der Waals surface area contributed by atoms with Crippen molar-refractivity contribution in [2.75, 3.05) is 0 Å². The number of benzene rings is 1. The van der Waals surface area contributed by atoms with E-state index in [0.717, 1.165) is 24.1 Å². The SMILES string of the molecule is C=C(CCn1cc(C)nn1)NC(=O)C(C)C1[C@H]2CC(Oc3ccnc4ccc(F)cc34)C[C@@H]12. The van der Waals surface area contributed by atoms with Crippen molar-refractivity contribution in [1.29, 1.82) is 0 Å². The quantitative estimate of drug-likeness (QED) is 0.561. The minimum Gasteiger partial charge on any atom is -0.490 e. The molecule has 0 bridgehead atoms. The maximum Gasteiger partial charge on any atom is 0.227 e. The smallest absolute Gasteiger partial charge is 0.227 e. The van der Waals surface area contributed by atoms with Crippen molar-refractivity contribution in [1.82, 2.24) is 25.3 Å². The molecule has 172 valence electrons. The van der Waals surface area contributed by atoms with Crippen molar-refractivity contribution in [3.63, 3.8) is 0 Å². The summed E-state index contributed by atoms with van der Waals surface area (Å²) in [7, 11) is 0. The highest BCUT2D eigenvalue weighted by molar-refractivity contribution is 5.84. The molecule has 8 heteroatoms. The molecule has 0 saturated heterocycles. The number of amides is 1. The molecule has 2 aromatic heterocycles. The molecule has 0 aliphatic heterocycles. The Balaban J connectivity index is 1.11. The third-order valence-electron chi connectivity index (χ3n) is 7.01. The number of rotatable bonds is 8. The minimum absolute atomic E-state index is 0.0299. The summed E-state index contributed by atoms with van der Waals surface area (Å²) in [6, 6.07) is 6.34. The van der Waals surface area contributed by atoms with E-state index >= 15 is 0 Å². The van der Waals surface area contributed by atoms with Gasteiger partial charge in [0.25, 0.3) is 0 Å². The number of halogens is 1. The number of nitrogens with one attached hydrogen (secondary N) is 1. The highest BCUT2D eigenvalue weighted by Gasteiger charge is 2.59. The Bertz CT molecular complexity index is 1200. The van der Waals surface area contributed by atoms with Crippen LogP contribution in [0.25, 0.3) is 10.9 Å². The van der Waals surface area contributed by atoms with Gasteiger partial charge in [-0.05, 0) is 61.8 Å². The number of aromatic nitrogens is 4. The van der Waals surface area contributed by atoms with Crippen LogP contribution in [-0.4, -0.2) is 32.0 Å². The van der Waals surface area contributed by atoms with Crippen molar-refractivity contribution < 1.29 is 13.9 Å². The van der Waals surface area contributed by atoms with E-state index < -0.39 is 0 Å². The van der Waals surface area contributed by atoms with E-state index in [4.69, 9.17) is 4.74 Å². The summed E-state index contributed by atoms with van der Waals surface area (Å²) in [6.07, 6.45) is 6.10. The Hall–Kier alpha value is -3.29. The number of allylic oxidation sites excluding steroid dienone is 1. The first-order chi connectivity index (χ1) is 15.9. The lowest BCUT2D eigenvalue weighted by atomic mass is 9.97. The number of pyridine rings is 1. The first kappa shape index (κ1) is 21.6. The molecule has 5 rings (SSSR count). The Morgan fingerprint density at radius 1 is 1.33 bits per heavy atom. The molecule has 5 atom stereocenters. The number of hydrogen-bond donors (Lipinski definition) is 1. The summed E-state index contributed by atoms with van der Waals surface area (Å²) >= 11 is 0. The molecule has 2 fully saturated rings. The summed E-state index contributed by atoms with van der Waals surface area (Å²) < 4.78 is 21.7. The minimum atomic E-state index is -0.299. The van der Waals surface area contributed by atoms with E-state index in [1.165, 1.54) is 12.1 Å². The average molecular weight is 450 g/mol. The van der Waals surface area contributed by atoms with Crippen LogP contribution < -0.4 is 10.1 Å². The number of carbonyl (C=O) groups is 1. The van der Waals surface area contributed by atoms with Crippen molar-refractivity contribution in [3.8, 4) is 5.75 Å². The lowest BCUT2D eigenvalue weighted by molar-refractivity contribution is -0.124. The van der Waals surface area contributed by atoms with Crippen LogP contribution in [0.2, 0.25) is 0 Å². The van der Waals surface area contributed by atoms with Crippen LogP contribution in [-0.2, 0) is 11.3 Å². The number of nitrogens with zero attached hydrogens (tertiary/aromatic N) is 4. The molecule has 2 heterocycles. The second-order valence-electron chi connectivity index (χ2n) is 9.34. The summed E-state index contributed by atoms with van der Waals surface area (Å²) in [4.78, 5) is 17.0. The summed E-state index contributed by atoms with van der Waals surface area (Å²) in [5, 5.41) is 11.7. The van der Waals surface area contributed by atoms with Crippen LogP contribution in [0, 0.1) is 36.4 Å². The molecule has 1 aromatic carbocycles. The fourth-order valence-corrected chi connectivity index (χ4v) is 5.33. The highest BCUT2D eigenvalue weighted by Crippen LogP contribution is 2.61. The number of ether oxygens (including phenoxy) is 1. The standard InChI is InChI=1S/C25H28FN5O2/c1-14(7-9-31-13-15(2)29-30-31)28-25(32)16(3)24-19-11-18(12-20(19)24)33-23-6-8-27-22-5-4-17(26)10-21(22)23/h4-6,8,10,13,16,18-20,24H,1,7,9,11-12H2,2-3H3,(H,28,32)/t16?,18?,19-,20+,24?. The van der Waals surface area contributed by atoms with Crippen LogP contribution in [0.15, 0.2) is 48.9 Å². The monoisotopic (exact) mass is 449 g/mol. The number of hydrogen-bond acceptors (Lipinski definition) is 5. The van der Waals surface area contributed by atoms with Gasteiger partial charge in [-0.25, -0.2) is 4.39 Å². The first-order valence-electron chi connectivity index (χ1n) is 11.5. The maximum absolute atomic E-state index is 13.7. The van der Waals surface area contributed by atoms with E-state index in [-0.39, 0.29) is 23.7 Å². The van der Waals surface area contributed by atoms with Gasteiger partial charge in [0.15, 0.2) is 0 Å². The fraction of sp³-hybridized carbons (Fsp3) is 0.440.